The number of nitrogens with zero attached hydrogens (tertiary/aromatic N) is 3. The first-order valence-electron chi connectivity index (χ1n) is 12.7. The number of aryl methyl sites for hydroxylation is 3. The number of hydrogen-bond acceptors (Lipinski definition) is 4. The van der Waals surface area contributed by atoms with Crippen LogP contribution in [0.15, 0.2) is 71.9 Å². The van der Waals surface area contributed by atoms with E-state index in [9.17, 15) is 4.79 Å². The second-order valence-electron chi connectivity index (χ2n) is 9.32. The Labute approximate surface area is 228 Å². The largest absolute Gasteiger partial charge is 0.342 e. The smallest absolute Gasteiger partial charge is 0.251 e. The zero-order valence-corrected chi connectivity index (χ0v) is 23.4. The summed E-state index contributed by atoms with van der Waals surface area (Å²) < 4.78 is 2.02. The maximum absolute atomic E-state index is 13.1. The Morgan fingerprint density at radius 3 is 2.51 bits per heavy atom. The van der Waals surface area contributed by atoms with Crippen molar-refractivity contribution in [2.75, 3.05) is 0 Å². The van der Waals surface area contributed by atoms with E-state index in [1.807, 2.05) is 73.0 Å². The Kier molecular flexibility index (Phi) is 9.06. The standard InChI is InChI=1S/C30H33ClN4OS/c1-5-6-10-23-13-15-24(16-14-23)29(36)32-22(4)28-33-34-30(37-19-25-11-8-7-9-20(25)2)35(28)27-18-26(31)17-12-21(27)3/h7-9,11-18,22H,5-6,10,19H2,1-4H3,(H,32,36). The average Bonchev–Trinajstić information content (AvgIpc) is 3.32. The Morgan fingerprint density at radius 2 is 1.78 bits per heavy atom. The zero-order valence-electron chi connectivity index (χ0n) is 21.8. The number of aromatic nitrogens is 3. The summed E-state index contributed by atoms with van der Waals surface area (Å²) in [6, 6.07) is 21.6. The molecular weight excluding hydrogens is 500 g/mol. The lowest BCUT2D eigenvalue weighted by Crippen LogP contribution is -2.28. The van der Waals surface area contributed by atoms with Gasteiger partial charge in [0.15, 0.2) is 11.0 Å². The van der Waals surface area contributed by atoms with Crippen molar-refractivity contribution < 1.29 is 4.79 Å². The lowest BCUT2D eigenvalue weighted by molar-refractivity contribution is 0.0938. The van der Waals surface area contributed by atoms with Crippen LogP contribution in [-0.4, -0.2) is 20.7 Å². The summed E-state index contributed by atoms with van der Waals surface area (Å²) in [5, 5.41) is 13.6. The minimum absolute atomic E-state index is 0.138. The monoisotopic (exact) mass is 532 g/mol. The third-order valence-corrected chi connectivity index (χ3v) is 7.67. The summed E-state index contributed by atoms with van der Waals surface area (Å²) in [7, 11) is 0. The minimum atomic E-state index is -0.369. The van der Waals surface area contributed by atoms with Crippen molar-refractivity contribution in [3.63, 3.8) is 0 Å². The highest BCUT2D eigenvalue weighted by atomic mass is 35.5. The van der Waals surface area contributed by atoms with Gasteiger partial charge in [0.1, 0.15) is 0 Å². The number of carbonyl (C=O) groups excluding carboxylic acids is 1. The fourth-order valence-corrected chi connectivity index (χ4v) is 5.36. The van der Waals surface area contributed by atoms with Crippen molar-refractivity contribution in [1.29, 1.82) is 0 Å². The molecular formula is C30H33ClN4OS. The lowest BCUT2D eigenvalue weighted by atomic mass is 10.1. The van der Waals surface area contributed by atoms with E-state index in [0.717, 1.165) is 41.4 Å². The van der Waals surface area contributed by atoms with Gasteiger partial charge in [-0.15, -0.1) is 10.2 Å². The third-order valence-electron chi connectivity index (χ3n) is 6.46. The van der Waals surface area contributed by atoms with E-state index >= 15 is 0 Å². The number of hydrogen-bond donors (Lipinski definition) is 1. The number of benzene rings is 3. The molecule has 1 N–H and O–H groups in total. The quantitative estimate of drug-likeness (QED) is 0.213. The molecule has 0 fully saturated rings. The molecule has 1 atom stereocenters. The first kappa shape index (κ1) is 27.0. The van der Waals surface area contributed by atoms with Crippen LogP contribution in [-0.2, 0) is 12.2 Å². The summed E-state index contributed by atoms with van der Waals surface area (Å²) in [5.41, 5.74) is 6.31. The molecule has 0 saturated carbocycles. The van der Waals surface area contributed by atoms with Gasteiger partial charge in [-0.2, -0.15) is 0 Å². The van der Waals surface area contributed by atoms with Crippen LogP contribution in [0.5, 0.6) is 0 Å². The highest BCUT2D eigenvalue weighted by Gasteiger charge is 2.23. The van der Waals surface area contributed by atoms with Gasteiger partial charge in [-0.25, -0.2) is 0 Å². The van der Waals surface area contributed by atoms with Gasteiger partial charge in [0.2, 0.25) is 0 Å². The molecule has 4 aromatic rings. The molecule has 1 unspecified atom stereocenters. The fourth-order valence-electron chi connectivity index (χ4n) is 4.17. The zero-order chi connectivity index (χ0) is 26.4. The fraction of sp³-hybridized carbons (Fsp3) is 0.300. The first-order chi connectivity index (χ1) is 17.9. The summed E-state index contributed by atoms with van der Waals surface area (Å²) >= 11 is 8.01. The van der Waals surface area contributed by atoms with Crippen LogP contribution < -0.4 is 5.32 Å². The topological polar surface area (TPSA) is 59.8 Å². The lowest BCUT2D eigenvalue weighted by Gasteiger charge is -2.18. The van der Waals surface area contributed by atoms with E-state index < -0.39 is 0 Å². The van der Waals surface area contributed by atoms with Gasteiger partial charge in [0.25, 0.3) is 5.91 Å². The van der Waals surface area contributed by atoms with E-state index in [-0.39, 0.29) is 11.9 Å². The van der Waals surface area contributed by atoms with E-state index in [1.165, 1.54) is 16.7 Å². The van der Waals surface area contributed by atoms with Gasteiger partial charge in [0.05, 0.1) is 11.7 Å². The highest BCUT2D eigenvalue weighted by Crippen LogP contribution is 2.31. The summed E-state index contributed by atoms with van der Waals surface area (Å²) in [6.07, 6.45) is 3.32. The summed E-state index contributed by atoms with van der Waals surface area (Å²) in [4.78, 5) is 13.1. The van der Waals surface area contributed by atoms with Crippen LogP contribution in [0.25, 0.3) is 5.69 Å². The first-order valence-corrected chi connectivity index (χ1v) is 14.0. The van der Waals surface area contributed by atoms with Gasteiger partial charge in [-0.3, -0.25) is 9.36 Å². The van der Waals surface area contributed by atoms with Gasteiger partial charge >= 0.3 is 0 Å². The maximum atomic E-state index is 13.1. The number of unbranched alkanes of at least 4 members (excludes halogenated alkanes) is 1. The molecule has 1 amide bonds. The molecule has 192 valence electrons. The van der Waals surface area contributed by atoms with Gasteiger partial charge < -0.3 is 5.32 Å². The predicted molar refractivity (Wildman–Crippen MR) is 153 cm³/mol. The van der Waals surface area contributed by atoms with Gasteiger partial charge in [-0.05, 0) is 80.1 Å². The van der Waals surface area contributed by atoms with Gasteiger partial charge in [0, 0.05) is 16.3 Å². The van der Waals surface area contributed by atoms with Crippen LogP contribution in [0, 0.1) is 13.8 Å². The van der Waals surface area contributed by atoms with Crippen molar-refractivity contribution in [3.05, 3.63) is 105 Å². The second kappa shape index (κ2) is 12.4. The molecule has 37 heavy (non-hydrogen) atoms. The van der Waals surface area contributed by atoms with Crippen molar-refractivity contribution in [1.82, 2.24) is 20.1 Å². The van der Waals surface area contributed by atoms with Crippen LogP contribution in [0.4, 0.5) is 0 Å². The molecule has 0 radical (unpaired) electrons. The number of amides is 1. The second-order valence-corrected chi connectivity index (χ2v) is 10.7. The number of rotatable bonds is 10. The highest BCUT2D eigenvalue weighted by molar-refractivity contribution is 7.98. The average molecular weight is 533 g/mol. The van der Waals surface area contributed by atoms with Gasteiger partial charge in [-0.1, -0.05) is 79.2 Å². The summed E-state index contributed by atoms with van der Waals surface area (Å²) in [5.74, 6) is 1.28. The number of halogens is 1. The molecule has 0 bridgehead atoms. The van der Waals surface area contributed by atoms with E-state index in [2.05, 4.69) is 41.5 Å². The Bertz CT molecular complexity index is 1370. The van der Waals surface area contributed by atoms with Crippen LogP contribution in [0.3, 0.4) is 0 Å². The molecule has 0 aliphatic rings. The predicted octanol–water partition coefficient (Wildman–Crippen LogP) is 7.66. The summed E-state index contributed by atoms with van der Waals surface area (Å²) in [6.45, 7) is 8.26. The maximum Gasteiger partial charge on any atom is 0.251 e. The van der Waals surface area contributed by atoms with E-state index in [0.29, 0.717) is 16.4 Å². The van der Waals surface area contributed by atoms with Crippen LogP contribution >= 0.6 is 23.4 Å². The van der Waals surface area contributed by atoms with Crippen LogP contribution in [0.1, 0.15) is 71.2 Å². The molecule has 4 rings (SSSR count). The van der Waals surface area contributed by atoms with Crippen molar-refractivity contribution in [3.8, 4) is 5.69 Å². The van der Waals surface area contributed by atoms with Crippen molar-refractivity contribution >= 4 is 29.3 Å². The molecule has 5 nitrogen and oxygen atoms in total. The SMILES string of the molecule is CCCCc1ccc(C(=O)NC(C)c2nnc(SCc3ccccc3C)n2-c2cc(Cl)ccc2C)cc1. The van der Waals surface area contributed by atoms with Crippen molar-refractivity contribution in [2.45, 2.75) is 63.9 Å². The number of carbonyl (C=O) groups is 1. The Balaban J connectivity index is 1.60. The number of thioether (sulfide) groups is 1. The molecule has 0 aliphatic heterocycles. The molecule has 7 heteroatoms. The van der Waals surface area contributed by atoms with Crippen LogP contribution in [0.2, 0.25) is 5.02 Å². The molecule has 3 aromatic carbocycles. The molecule has 0 spiro atoms. The number of nitrogens with one attached hydrogen (secondary N) is 1. The normalized spacial score (nSPS) is 11.9. The van der Waals surface area contributed by atoms with Crippen molar-refractivity contribution in [2.24, 2.45) is 0 Å². The Hall–Kier alpha value is -3.09. The molecule has 1 aromatic heterocycles. The molecule has 0 saturated heterocycles. The molecule has 0 aliphatic carbocycles. The van der Waals surface area contributed by atoms with E-state index in [4.69, 9.17) is 11.6 Å². The molecule has 1 heterocycles. The minimum Gasteiger partial charge on any atom is -0.342 e. The van der Waals surface area contributed by atoms with E-state index in [1.54, 1.807) is 11.8 Å². The Morgan fingerprint density at radius 1 is 1.03 bits per heavy atom. The third kappa shape index (κ3) is 6.62.